The SMILES string of the molecule is COc1ccc(Cc2ccc(C)cc2)cc1.COc1ccc(Nc2cccc3ccccc23)cc1.Cc1ccc(Cc2ccc(C)cc2)cc1.[2H]c1c([2H])c([2H])c(Nc2ccccc2)c([2H])c1[2H].c1ccc(-c2ccc(Cc3ccc4c(c3)oc3ccccc34)cc2)cc1.c1ccc(-c2ncc(Nc3cccc4ccccc34)cn2)cc1.c1ccc(Nc2cccc3ccccc23)cc1. The lowest BCUT2D eigenvalue weighted by Gasteiger charge is -2.10. The van der Waals surface area contributed by atoms with Crippen LogP contribution in [0, 0.1) is 20.8 Å². The first-order valence-corrected chi connectivity index (χ1v) is 43.1. The second-order valence-electron chi connectivity index (χ2n) is 31.0. The molecule has 0 aliphatic rings. The zero-order chi connectivity index (χ0) is 92.8. The molecule has 9 nitrogen and oxygen atoms in total. The molecule has 2 heterocycles. The Morgan fingerprint density at radius 2 is 0.581 bits per heavy atom. The van der Waals surface area contributed by atoms with Crippen LogP contribution in [0.15, 0.2) is 484 Å². The molecule has 0 aliphatic carbocycles. The van der Waals surface area contributed by atoms with Crippen molar-refractivity contribution in [3.63, 3.8) is 0 Å². The van der Waals surface area contributed by atoms with Gasteiger partial charge in [0.15, 0.2) is 5.82 Å². The van der Waals surface area contributed by atoms with Gasteiger partial charge in [-0.3, -0.25) is 0 Å². The van der Waals surface area contributed by atoms with E-state index in [-0.39, 0.29) is 35.9 Å². The zero-order valence-corrected chi connectivity index (χ0v) is 73.0. The summed E-state index contributed by atoms with van der Waals surface area (Å²) in [7, 11) is 3.36. The van der Waals surface area contributed by atoms with Gasteiger partial charge in [0.1, 0.15) is 22.7 Å². The molecule has 0 bridgehead atoms. The monoisotopic (exact) mass is 1680 g/mol. The summed E-state index contributed by atoms with van der Waals surface area (Å²) in [5, 5.41) is 22.9. The van der Waals surface area contributed by atoms with Gasteiger partial charge >= 0.3 is 0 Å². The van der Waals surface area contributed by atoms with Crippen molar-refractivity contribution in [3.05, 3.63) is 529 Å². The Morgan fingerprint density at radius 1 is 0.256 bits per heavy atom. The molecule has 0 atom stereocenters. The fourth-order valence-corrected chi connectivity index (χ4v) is 14.7. The van der Waals surface area contributed by atoms with E-state index < -0.39 is 0 Å². The normalized spacial score (nSPS) is 11.0. The molecular weight excluding hydrogens is 1570 g/mol. The van der Waals surface area contributed by atoms with E-state index in [0.29, 0.717) is 5.69 Å². The maximum absolute atomic E-state index is 7.75. The van der Waals surface area contributed by atoms with Crippen molar-refractivity contribution in [1.82, 2.24) is 9.97 Å². The van der Waals surface area contributed by atoms with Gasteiger partial charge in [0.25, 0.3) is 0 Å². The Hall–Kier alpha value is -16.4. The summed E-state index contributed by atoms with van der Waals surface area (Å²) >= 11 is 0. The van der Waals surface area contributed by atoms with E-state index >= 15 is 0 Å². The van der Waals surface area contributed by atoms with Gasteiger partial charge in [-0.25, -0.2) is 9.97 Å². The van der Waals surface area contributed by atoms with Crippen LogP contribution in [0.2, 0.25) is 0 Å². The predicted octanol–water partition coefficient (Wildman–Crippen LogP) is 32.0. The standard InChI is InChI=1S/C25H18O.C20H15N3.C17H15NO.C16H13N.C15H16O.C15H16.C12H11N/c1-2-6-20(7-3-1)21-13-10-18(11-14-21)16-19-12-15-23-22-8-4-5-9-24(22)26-25(23)17-19;1-2-8-16(9-3-1)20-21-13-17(14-22-20)23-19-12-6-10-15-7-4-5-11-18(15)19;1-19-15-11-9-14(10-12-15)18-17-8-4-6-13-5-2-3-7-16(13)17;1-2-9-14(10-3-1)17-16-12-6-8-13-7-4-5-11-15(13)16;1-12-3-5-13(6-4-12)11-14-7-9-15(16-2)10-8-14;1-12-3-7-14(8-4-12)11-15-9-5-13(2)6-10-15;1-3-7-11(8-4-1)13-12-9-5-2-6-10-12/h1-15,17H,16H2;1-14,23H;2-12,18H,1H3;1-12,17H;3-10H,11H2,1-2H3;3-10H,11H2,1-2H3;1-10,13H/i;;;;;;1D,3D,4D,7D,8D. The highest BCUT2D eigenvalue weighted by Gasteiger charge is 2.11. The lowest BCUT2D eigenvalue weighted by Crippen LogP contribution is -1.95. The molecule has 0 amide bonds. The minimum absolute atomic E-state index is 0.0900. The van der Waals surface area contributed by atoms with Crippen LogP contribution in [-0.4, -0.2) is 24.2 Å². The Labute approximate surface area is 764 Å². The quantitative estimate of drug-likeness (QED) is 0.0668. The van der Waals surface area contributed by atoms with E-state index in [1.807, 2.05) is 140 Å². The average Bonchev–Trinajstić information content (AvgIpc) is 1.62. The van der Waals surface area contributed by atoms with Gasteiger partial charge in [-0.15, -0.1) is 0 Å². The van der Waals surface area contributed by atoms with Gasteiger partial charge in [0.05, 0.1) is 39.2 Å². The number of nitrogens with one attached hydrogen (secondary N) is 4. The number of benzene rings is 19. The molecule has 0 spiro atoms. The third kappa shape index (κ3) is 25.7. The molecule has 4 N–H and O–H groups in total. The van der Waals surface area contributed by atoms with Gasteiger partial charge in [-0.1, -0.05) is 381 Å². The van der Waals surface area contributed by atoms with Crippen molar-refractivity contribution in [3.8, 4) is 34.0 Å². The summed E-state index contributed by atoms with van der Waals surface area (Å²) < 4.78 is 54.4. The van der Waals surface area contributed by atoms with E-state index in [2.05, 4.69) is 337 Å². The molecule has 0 aliphatic heterocycles. The van der Waals surface area contributed by atoms with E-state index in [0.717, 1.165) is 87.4 Å². The molecule has 632 valence electrons. The topological polar surface area (TPSA) is 106 Å². The highest BCUT2D eigenvalue weighted by atomic mass is 16.5. The Bertz CT molecular complexity index is 7240. The molecule has 21 aromatic rings. The molecule has 0 fully saturated rings. The summed E-state index contributed by atoms with van der Waals surface area (Å²) in [6.07, 6.45) is 6.54. The zero-order valence-electron chi connectivity index (χ0n) is 78.0. The van der Waals surface area contributed by atoms with Crippen molar-refractivity contribution in [2.24, 2.45) is 0 Å². The number of hydrogen-bond donors (Lipinski definition) is 4. The summed E-state index contributed by atoms with van der Waals surface area (Å²) in [5.74, 6) is 2.50. The minimum Gasteiger partial charge on any atom is -0.497 e. The number of anilines is 8. The smallest absolute Gasteiger partial charge is 0.159 e. The number of nitrogens with zero attached hydrogens (tertiary/aromatic N) is 2. The van der Waals surface area contributed by atoms with E-state index in [4.69, 9.17) is 20.7 Å². The maximum Gasteiger partial charge on any atom is 0.159 e. The number of para-hydroxylation sites is 4. The average molecular weight is 1680 g/mol. The van der Waals surface area contributed by atoms with Crippen molar-refractivity contribution in [2.75, 3.05) is 35.5 Å². The second-order valence-corrected chi connectivity index (χ2v) is 31.0. The van der Waals surface area contributed by atoms with Crippen LogP contribution in [0.1, 0.15) is 56.9 Å². The number of hydrogen-bond acceptors (Lipinski definition) is 9. The van der Waals surface area contributed by atoms with Crippen molar-refractivity contribution in [2.45, 2.75) is 40.0 Å². The summed E-state index contributed by atoms with van der Waals surface area (Å²) in [5.41, 5.74) is 24.5. The lowest BCUT2D eigenvalue weighted by molar-refractivity contribution is 0.414. The van der Waals surface area contributed by atoms with Gasteiger partial charge in [0, 0.05) is 72.3 Å². The molecule has 2 aromatic heterocycles. The number of fused-ring (bicyclic) bond motifs is 6. The van der Waals surface area contributed by atoms with Crippen molar-refractivity contribution >= 4 is 99.8 Å². The van der Waals surface area contributed by atoms with Crippen LogP contribution >= 0.6 is 0 Å². The van der Waals surface area contributed by atoms with Gasteiger partial charge in [-0.05, 0) is 204 Å². The Morgan fingerprint density at radius 3 is 1.03 bits per heavy atom. The molecule has 19 aromatic carbocycles. The van der Waals surface area contributed by atoms with Crippen LogP contribution in [0.25, 0.3) is 76.8 Å². The predicted molar refractivity (Wildman–Crippen MR) is 545 cm³/mol. The summed E-state index contributed by atoms with van der Waals surface area (Å²) in [4.78, 5) is 8.90. The number of furan rings is 1. The number of ether oxygens (including phenoxy) is 2. The highest BCUT2D eigenvalue weighted by Crippen LogP contribution is 2.34. The summed E-state index contributed by atoms with van der Waals surface area (Å²) in [6.45, 7) is 6.35. The molecule has 0 unspecified atom stereocenters. The van der Waals surface area contributed by atoms with E-state index in [1.165, 1.54) is 104 Å². The fraction of sp³-hybridized carbons (Fsp3) is 0.0667. The molecule has 9 heteroatoms. The maximum atomic E-state index is 7.75. The van der Waals surface area contributed by atoms with E-state index in [9.17, 15) is 0 Å². The fourth-order valence-electron chi connectivity index (χ4n) is 14.7. The molecule has 0 radical (unpaired) electrons. The largest absolute Gasteiger partial charge is 0.497 e. The van der Waals surface area contributed by atoms with Crippen LogP contribution in [-0.2, 0) is 19.3 Å². The molecule has 129 heavy (non-hydrogen) atoms. The molecule has 21 rings (SSSR count). The van der Waals surface area contributed by atoms with Crippen LogP contribution < -0.4 is 30.7 Å². The van der Waals surface area contributed by atoms with Gasteiger partial charge in [0.2, 0.25) is 0 Å². The number of methoxy groups -OCH3 is 2. The first-order chi connectivity index (χ1) is 65.6. The minimum atomic E-state index is -0.386. The molecule has 0 saturated carbocycles. The third-order valence-corrected chi connectivity index (χ3v) is 21.5. The summed E-state index contributed by atoms with van der Waals surface area (Å²) in [6, 6.07) is 148. The number of aromatic nitrogens is 2. The van der Waals surface area contributed by atoms with Crippen LogP contribution in [0.5, 0.6) is 11.5 Å². The van der Waals surface area contributed by atoms with Crippen molar-refractivity contribution in [1.29, 1.82) is 0 Å². The Balaban J connectivity index is 0.000000120. The first-order valence-electron chi connectivity index (χ1n) is 45.6. The van der Waals surface area contributed by atoms with Crippen molar-refractivity contribution < 1.29 is 20.7 Å². The van der Waals surface area contributed by atoms with Crippen LogP contribution in [0.3, 0.4) is 0 Å². The Kier molecular flexibility index (Phi) is 28.5. The lowest BCUT2D eigenvalue weighted by atomic mass is 10.00. The third-order valence-electron chi connectivity index (χ3n) is 21.5. The molecular formula is C120H104N6O3. The number of rotatable bonds is 18. The molecule has 0 saturated heterocycles. The second kappa shape index (κ2) is 45.3. The van der Waals surface area contributed by atoms with Gasteiger partial charge < -0.3 is 35.2 Å². The van der Waals surface area contributed by atoms with E-state index in [1.54, 1.807) is 38.5 Å². The first kappa shape index (κ1) is 81.0. The number of aryl methyl sites for hydroxylation is 3. The highest BCUT2D eigenvalue weighted by molar-refractivity contribution is 6.05. The van der Waals surface area contributed by atoms with Gasteiger partial charge in [-0.2, -0.15) is 0 Å². The van der Waals surface area contributed by atoms with Crippen LogP contribution in [0.4, 0.5) is 45.5 Å².